The molecular weight excluding hydrogens is 488 g/mol. The molecule has 0 bridgehead atoms. The number of hydrogen-bond donors (Lipinski definition) is 4. The van der Waals surface area contributed by atoms with Crippen molar-refractivity contribution in [1.29, 1.82) is 5.41 Å². The fourth-order valence-corrected chi connectivity index (χ4v) is 5.68. The number of nitrogens with one attached hydrogen (secondary N) is 2. The molecule has 1 aliphatic carbocycles. The number of aliphatic hydroxyl groups excluding tert-OH is 1. The van der Waals surface area contributed by atoms with Crippen molar-refractivity contribution in [2.75, 3.05) is 48.1 Å². The van der Waals surface area contributed by atoms with E-state index in [1.807, 2.05) is 12.1 Å². The minimum atomic E-state index is -0.707. The molecule has 2 aromatic rings. The first-order chi connectivity index (χ1) is 18.4. The molecule has 2 aromatic heterocycles. The summed E-state index contributed by atoms with van der Waals surface area (Å²) in [7, 11) is 0. The number of aromatic nitrogens is 3. The van der Waals surface area contributed by atoms with Crippen LogP contribution < -0.4 is 20.9 Å². The molecule has 4 heterocycles. The second-order valence-electron chi connectivity index (χ2n) is 10.3. The van der Waals surface area contributed by atoms with E-state index in [1.54, 1.807) is 6.20 Å². The van der Waals surface area contributed by atoms with Crippen molar-refractivity contribution in [2.24, 2.45) is 17.1 Å². The standard InChI is InChI=1S/C26H34N8O4/c27-14-19-21(22(28)36)23(32-25(31-19)34-9-3-1-2-4-10-34)30-17-5-6-20(29-15-17)33-11-7-26(8-12-33)13-18(26)24(37)38-16-35/h5-6,14-15,18,27,35H,1-4,7-13,16H2,(H2,28,36)(H,30,31,32). The van der Waals surface area contributed by atoms with Gasteiger partial charge in [0.1, 0.15) is 22.9 Å². The molecule has 5 N–H and O–H groups in total. The first-order valence-corrected chi connectivity index (χ1v) is 13.2. The second kappa shape index (κ2) is 10.9. The van der Waals surface area contributed by atoms with E-state index < -0.39 is 12.7 Å². The summed E-state index contributed by atoms with van der Waals surface area (Å²) in [6.45, 7) is 2.64. The Balaban J connectivity index is 1.29. The predicted octanol–water partition coefficient (Wildman–Crippen LogP) is 2.19. The van der Waals surface area contributed by atoms with Gasteiger partial charge in [0.25, 0.3) is 5.91 Å². The van der Waals surface area contributed by atoms with Gasteiger partial charge in [0.05, 0.1) is 17.8 Å². The molecule has 1 unspecified atom stereocenters. The summed E-state index contributed by atoms with van der Waals surface area (Å²) in [6, 6.07) is 3.77. The van der Waals surface area contributed by atoms with E-state index in [0.717, 1.165) is 83.2 Å². The van der Waals surface area contributed by atoms with Crippen LogP contribution in [-0.4, -0.2) is 71.1 Å². The van der Waals surface area contributed by atoms with Crippen LogP contribution in [0.2, 0.25) is 0 Å². The van der Waals surface area contributed by atoms with Gasteiger partial charge in [-0.1, -0.05) is 12.8 Å². The number of primary amides is 1. The summed E-state index contributed by atoms with van der Waals surface area (Å²) in [5.74, 6) is 0.430. The maximum atomic E-state index is 12.3. The molecular formula is C26H34N8O4. The Morgan fingerprint density at radius 1 is 1.13 bits per heavy atom. The maximum absolute atomic E-state index is 12.3. The molecule has 3 aliphatic rings. The summed E-state index contributed by atoms with van der Waals surface area (Å²) in [6.07, 6.45) is 9.67. The number of esters is 1. The number of carbonyl (C=O) groups excluding carboxylic acids is 2. The van der Waals surface area contributed by atoms with Crippen LogP contribution in [0.5, 0.6) is 0 Å². The third-order valence-corrected chi connectivity index (χ3v) is 7.97. The van der Waals surface area contributed by atoms with Crippen molar-refractivity contribution in [3.8, 4) is 0 Å². The van der Waals surface area contributed by atoms with E-state index in [1.165, 1.54) is 0 Å². The number of hydrogen-bond acceptors (Lipinski definition) is 11. The molecule has 1 amide bonds. The van der Waals surface area contributed by atoms with Crippen LogP contribution in [0.1, 0.15) is 61.0 Å². The largest absolute Gasteiger partial charge is 0.438 e. The Kier molecular flexibility index (Phi) is 7.41. The number of rotatable bonds is 8. The van der Waals surface area contributed by atoms with Crippen LogP contribution in [0, 0.1) is 16.7 Å². The van der Waals surface area contributed by atoms with Crippen molar-refractivity contribution in [1.82, 2.24) is 15.0 Å². The number of aliphatic hydroxyl groups is 1. The molecule has 12 heteroatoms. The average Bonchev–Trinajstić information content (AvgIpc) is 3.68. The van der Waals surface area contributed by atoms with Gasteiger partial charge in [-0.3, -0.25) is 9.59 Å². The van der Waals surface area contributed by atoms with Gasteiger partial charge in [-0.2, -0.15) is 4.98 Å². The molecule has 1 atom stereocenters. The van der Waals surface area contributed by atoms with E-state index in [2.05, 4.69) is 30.1 Å². The lowest BCUT2D eigenvalue weighted by Crippen LogP contribution is -2.36. The minimum Gasteiger partial charge on any atom is -0.438 e. The molecule has 0 aromatic carbocycles. The quantitative estimate of drug-likeness (QED) is 0.229. The molecule has 2 saturated heterocycles. The number of amides is 1. The van der Waals surface area contributed by atoms with Crippen molar-refractivity contribution in [2.45, 2.75) is 44.9 Å². The van der Waals surface area contributed by atoms with Crippen molar-refractivity contribution in [3.63, 3.8) is 0 Å². The number of nitrogens with two attached hydrogens (primary N) is 1. The van der Waals surface area contributed by atoms with Crippen molar-refractivity contribution >= 4 is 41.4 Å². The Morgan fingerprint density at radius 3 is 2.47 bits per heavy atom. The zero-order valence-corrected chi connectivity index (χ0v) is 21.4. The zero-order valence-electron chi connectivity index (χ0n) is 21.4. The molecule has 0 radical (unpaired) electrons. The van der Waals surface area contributed by atoms with Gasteiger partial charge in [-0.15, -0.1) is 0 Å². The van der Waals surface area contributed by atoms with Crippen LogP contribution in [0.25, 0.3) is 0 Å². The smallest absolute Gasteiger partial charge is 0.311 e. The molecule has 12 nitrogen and oxygen atoms in total. The number of anilines is 4. The zero-order chi connectivity index (χ0) is 26.7. The highest BCUT2D eigenvalue weighted by Crippen LogP contribution is 2.60. The SMILES string of the molecule is N=Cc1nc(N2CCCCCC2)nc(Nc2ccc(N3CCC4(CC3)CC4C(=O)OCO)nc2)c1C(N)=O. The highest BCUT2D eigenvalue weighted by molar-refractivity contribution is 6.04. The van der Waals surface area contributed by atoms with Gasteiger partial charge in [-0.25, -0.2) is 9.97 Å². The van der Waals surface area contributed by atoms with Gasteiger partial charge in [-0.05, 0) is 49.7 Å². The average molecular weight is 523 g/mol. The lowest BCUT2D eigenvalue weighted by molar-refractivity contribution is -0.154. The van der Waals surface area contributed by atoms with E-state index in [0.29, 0.717) is 11.6 Å². The summed E-state index contributed by atoms with van der Waals surface area (Å²) < 4.78 is 4.78. The third-order valence-electron chi connectivity index (χ3n) is 7.97. The van der Waals surface area contributed by atoms with E-state index in [-0.39, 0.29) is 34.4 Å². The minimum absolute atomic E-state index is 0.0138. The first kappa shape index (κ1) is 25.8. The fraction of sp³-hybridized carbons (Fsp3) is 0.538. The lowest BCUT2D eigenvalue weighted by Gasteiger charge is -2.33. The van der Waals surface area contributed by atoms with Gasteiger partial charge in [0.2, 0.25) is 5.95 Å². The molecule has 5 rings (SSSR count). The van der Waals surface area contributed by atoms with Crippen LogP contribution in [0.3, 0.4) is 0 Å². The molecule has 1 spiro atoms. The van der Waals surface area contributed by atoms with Crippen LogP contribution in [0.4, 0.5) is 23.3 Å². The van der Waals surface area contributed by atoms with Crippen molar-refractivity contribution < 1.29 is 19.4 Å². The Labute approximate surface area is 221 Å². The highest BCUT2D eigenvalue weighted by Gasteiger charge is 2.59. The number of carbonyl (C=O) groups is 2. The van der Waals surface area contributed by atoms with E-state index in [4.69, 9.17) is 21.0 Å². The molecule has 1 saturated carbocycles. The number of ether oxygens (including phenoxy) is 1. The number of nitrogens with zero attached hydrogens (tertiary/aromatic N) is 5. The van der Waals surface area contributed by atoms with Gasteiger partial charge in [0.15, 0.2) is 6.79 Å². The third kappa shape index (κ3) is 5.26. The lowest BCUT2D eigenvalue weighted by atomic mass is 9.91. The van der Waals surface area contributed by atoms with Crippen molar-refractivity contribution in [3.05, 3.63) is 29.6 Å². The summed E-state index contributed by atoms with van der Waals surface area (Å²) in [4.78, 5) is 42.3. The fourth-order valence-electron chi connectivity index (χ4n) is 5.68. The maximum Gasteiger partial charge on any atom is 0.311 e. The van der Waals surface area contributed by atoms with Crippen LogP contribution in [-0.2, 0) is 9.53 Å². The summed E-state index contributed by atoms with van der Waals surface area (Å²) >= 11 is 0. The predicted molar refractivity (Wildman–Crippen MR) is 142 cm³/mol. The molecule has 2 aliphatic heterocycles. The summed E-state index contributed by atoms with van der Waals surface area (Å²) in [5, 5.41) is 19.8. The van der Waals surface area contributed by atoms with Crippen LogP contribution >= 0.6 is 0 Å². The van der Waals surface area contributed by atoms with Gasteiger partial charge >= 0.3 is 5.97 Å². The van der Waals surface area contributed by atoms with Crippen LogP contribution in [0.15, 0.2) is 18.3 Å². The van der Waals surface area contributed by atoms with E-state index >= 15 is 0 Å². The second-order valence-corrected chi connectivity index (χ2v) is 10.3. The number of pyridine rings is 1. The molecule has 202 valence electrons. The Hall–Kier alpha value is -3.80. The van der Waals surface area contributed by atoms with Gasteiger partial charge < -0.3 is 36.1 Å². The highest BCUT2D eigenvalue weighted by atomic mass is 16.6. The normalized spacial score (nSPS) is 20.5. The monoisotopic (exact) mass is 522 g/mol. The summed E-state index contributed by atoms with van der Waals surface area (Å²) in [5.41, 5.74) is 6.53. The Morgan fingerprint density at radius 2 is 1.87 bits per heavy atom. The Bertz CT molecular complexity index is 1190. The topological polar surface area (TPSA) is 171 Å². The van der Waals surface area contributed by atoms with E-state index in [9.17, 15) is 9.59 Å². The first-order valence-electron chi connectivity index (χ1n) is 13.2. The molecule has 3 fully saturated rings. The number of piperidine rings is 1. The molecule has 38 heavy (non-hydrogen) atoms. The van der Waals surface area contributed by atoms with Gasteiger partial charge in [0, 0.05) is 32.4 Å².